The van der Waals surface area contributed by atoms with Crippen LogP contribution in [0.15, 0.2) is 24.3 Å². The Hall–Kier alpha value is -1.13. The van der Waals surface area contributed by atoms with E-state index in [-0.39, 0.29) is 18.8 Å². The number of hydrogen-bond acceptors (Lipinski definition) is 3. The molecule has 0 amide bonds. The predicted octanol–water partition coefficient (Wildman–Crippen LogP) is 2.20. The van der Waals surface area contributed by atoms with E-state index in [9.17, 15) is 9.18 Å². The monoisotopic (exact) mass is 247 g/mol. The second-order valence-corrected chi connectivity index (χ2v) is 3.14. The zero-order valence-corrected chi connectivity index (χ0v) is 9.80. The summed E-state index contributed by atoms with van der Waals surface area (Å²) in [5, 5.41) is 0. The lowest BCUT2D eigenvalue weighted by Gasteiger charge is -2.11. The Kier molecular flexibility index (Phi) is 6.69. The average molecular weight is 248 g/mol. The van der Waals surface area contributed by atoms with E-state index >= 15 is 0 Å². The topological polar surface area (TPSA) is 52.3 Å². The molecule has 0 aliphatic rings. The van der Waals surface area contributed by atoms with Crippen molar-refractivity contribution in [2.45, 2.75) is 19.4 Å². The van der Waals surface area contributed by atoms with Crippen molar-refractivity contribution < 1.29 is 13.9 Å². The standard InChI is InChI=1S/C11H14FNO2.ClH/c1-2-15-11(14)7-10(13)8-5-3-4-6-9(8)12;/h3-6,10H,2,7,13H2,1H3;1H/t10-;/m1./s1. The van der Waals surface area contributed by atoms with Gasteiger partial charge >= 0.3 is 5.97 Å². The summed E-state index contributed by atoms with van der Waals surface area (Å²) in [5.41, 5.74) is 6.02. The van der Waals surface area contributed by atoms with Crippen molar-refractivity contribution in [3.8, 4) is 0 Å². The summed E-state index contributed by atoms with van der Waals surface area (Å²) in [5.74, 6) is -0.803. The molecule has 1 aromatic rings. The Bertz CT molecular complexity index is 347. The van der Waals surface area contributed by atoms with E-state index < -0.39 is 17.8 Å². The molecular weight excluding hydrogens is 233 g/mol. The van der Waals surface area contributed by atoms with Gasteiger partial charge in [0, 0.05) is 11.6 Å². The Labute approximate surface area is 100 Å². The highest BCUT2D eigenvalue weighted by Crippen LogP contribution is 2.17. The fourth-order valence-corrected chi connectivity index (χ4v) is 1.29. The van der Waals surface area contributed by atoms with Crippen LogP contribution in [0.25, 0.3) is 0 Å². The lowest BCUT2D eigenvalue weighted by molar-refractivity contribution is -0.143. The SMILES string of the molecule is CCOC(=O)C[C@@H](N)c1ccccc1F.Cl. The van der Waals surface area contributed by atoms with E-state index in [0.29, 0.717) is 12.2 Å². The van der Waals surface area contributed by atoms with Crippen LogP contribution in [-0.2, 0) is 9.53 Å². The van der Waals surface area contributed by atoms with Gasteiger partial charge in [0.2, 0.25) is 0 Å². The van der Waals surface area contributed by atoms with Crippen LogP contribution in [0.2, 0.25) is 0 Å². The molecule has 16 heavy (non-hydrogen) atoms. The van der Waals surface area contributed by atoms with E-state index in [0.717, 1.165) is 0 Å². The molecule has 0 heterocycles. The third-order valence-corrected chi connectivity index (χ3v) is 2.00. The van der Waals surface area contributed by atoms with Gasteiger partial charge in [-0.25, -0.2) is 4.39 Å². The number of ether oxygens (including phenoxy) is 1. The van der Waals surface area contributed by atoms with E-state index in [4.69, 9.17) is 10.5 Å². The molecule has 0 unspecified atom stereocenters. The Morgan fingerprint density at radius 3 is 2.69 bits per heavy atom. The second-order valence-electron chi connectivity index (χ2n) is 3.14. The lowest BCUT2D eigenvalue weighted by Crippen LogP contribution is -2.18. The van der Waals surface area contributed by atoms with Crippen LogP contribution in [0.4, 0.5) is 4.39 Å². The second kappa shape index (κ2) is 7.19. The molecular formula is C11H15ClFNO2. The third kappa shape index (κ3) is 4.16. The van der Waals surface area contributed by atoms with Gasteiger partial charge in [-0.15, -0.1) is 12.4 Å². The summed E-state index contributed by atoms with van der Waals surface area (Å²) in [4.78, 5) is 11.1. The van der Waals surface area contributed by atoms with Crippen molar-refractivity contribution in [2.24, 2.45) is 5.73 Å². The van der Waals surface area contributed by atoms with Crippen molar-refractivity contribution >= 4 is 18.4 Å². The number of hydrogen-bond donors (Lipinski definition) is 1. The molecule has 5 heteroatoms. The number of halogens is 2. The summed E-state index contributed by atoms with van der Waals surface area (Å²) in [7, 11) is 0. The van der Waals surface area contributed by atoms with Gasteiger partial charge in [-0.2, -0.15) is 0 Å². The lowest BCUT2D eigenvalue weighted by atomic mass is 10.0. The fraction of sp³-hybridized carbons (Fsp3) is 0.364. The van der Waals surface area contributed by atoms with Crippen LogP contribution in [0.1, 0.15) is 24.9 Å². The number of carbonyl (C=O) groups excluding carboxylic acids is 1. The Morgan fingerprint density at radius 2 is 2.12 bits per heavy atom. The molecule has 90 valence electrons. The van der Waals surface area contributed by atoms with Crippen LogP contribution in [0.3, 0.4) is 0 Å². The summed E-state index contributed by atoms with van der Waals surface area (Å²) in [6, 6.07) is 5.50. The molecule has 0 aromatic heterocycles. The van der Waals surface area contributed by atoms with Crippen molar-refractivity contribution in [3.05, 3.63) is 35.6 Å². The average Bonchev–Trinajstić information content (AvgIpc) is 2.18. The molecule has 2 N–H and O–H groups in total. The van der Waals surface area contributed by atoms with Gasteiger partial charge in [0.05, 0.1) is 13.0 Å². The Balaban J connectivity index is 0.00000225. The highest BCUT2D eigenvalue weighted by Gasteiger charge is 2.15. The molecule has 0 saturated heterocycles. The van der Waals surface area contributed by atoms with Gasteiger partial charge in [-0.1, -0.05) is 18.2 Å². The molecule has 1 aromatic carbocycles. The van der Waals surface area contributed by atoms with Gasteiger partial charge < -0.3 is 10.5 Å². The maximum Gasteiger partial charge on any atom is 0.307 e. The number of benzene rings is 1. The molecule has 0 radical (unpaired) electrons. The van der Waals surface area contributed by atoms with E-state index in [1.165, 1.54) is 6.07 Å². The zero-order chi connectivity index (χ0) is 11.3. The highest BCUT2D eigenvalue weighted by molar-refractivity contribution is 5.85. The predicted molar refractivity (Wildman–Crippen MR) is 61.8 cm³/mol. The van der Waals surface area contributed by atoms with E-state index in [1.807, 2.05) is 0 Å². The first-order valence-electron chi connectivity index (χ1n) is 4.80. The fourth-order valence-electron chi connectivity index (χ4n) is 1.29. The summed E-state index contributed by atoms with van der Waals surface area (Å²) >= 11 is 0. The van der Waals surface area contributed by atoms with Gasteiger partial charge in [0.1, 0.15) is 5.82 Å². The van der Waals surface area contributed by atoms with Crippen molar-refractivity contribution in [3.63, 3.8) is 0 Å². The molecule has 0 spiro atoms. The molecule has 0 fully saturated rings. The van der Waals surface area contributed by atoms with Crippen LogP contribution in [0, 0.1) is 5.82 Å². The van der Waals surface area contributed by atoms with Gasteiger partial charge in [0.25, 0.3) is 0 Å². The minimum Gasteiger partial charge on any atom is -0.466 e. The van der Waals surface area contributed by atoms with Gasteiger partial charge in [0.15, 0.2) is 0 Å². The first-order chi connectivity index (χ1) is 7.15. The van der Waals surface area contributed by atoms with Gasteiger partial charge in [-0.05, 0) is 13.0 Å². The van der Waals surface area contributed by atoms with E-state index in [1.54, 1.807) is 25.1 Å². The van der Waals surface area contributed by atoms with Crippen molar-refractivity contribution in [1.29, 1.82) is 0 Å². The molecule has 0 bridgehead atoms. The van der Waals surface area contributed by atoms with Crippen LogP contribution >= 0.6 is 12.4 Å². The summed E-state index contributed by atoms with van der Waals surface area (Å²) < 4.78 is 18.0. The highest BCUT2D eigenvalue weighted by atomic mass is 35.5. The van der Waals surface area contributed by atoms with Crippen LogP contribution < -0.4 is 5.73 Å². The molecule has 0 aliphatic carbocycles. The van der Waals surface area contributed by atoms with Crippen molar-refractivity contribution in [2.75, 3.05) is 6.61 Å². The minimum atomic E-state index is -0.648. The molecule has 0 aliphatic heterocycles. The normalized spacial score (nSPS) is 11.4. The Morgan fingerprint density at radius 1 is 1.50 bits per heavy atom. The smallest absolute Gasteiger partial charge is 0.307 e. The first-order valence-corrected chi connectivity index (χ1v) is 4.80. The van der Waals surface area contributed by atoms with Gasteiger partial charge in [-0.3, -0.25) is 4.79 Å². The first kappa shape index (κ1) is 14.9. The molecule has 1 atom stereocenters. The number of esters is 1. The maximum absolute atomic E-state index is 13.2. The number of rotatable bonds is 4. The molecule has 3 nitrogen and oxygen atoms in total. The third-order valence-electron chi connectivity index (χ3n) is 2.00. The number of nitrogens with two attached hydrogens (primary N) is 1. The largest absolute Gasteiger partial charge is 0.466 e. The molecule has 0 saturated carbocycles. The van der Waals surface area contributed by atoms with Crippen LogP contribution in [-0.4, -0.2) is 12.6 Å². The summed E-state index contributed by atoms with van der Waals surface area (Å²) in [6.45, 7) is 2.02. The minimum absolute atomic E-state index is 0. The van der Waals surface area contributed by atoms with E-state index in [2.05, 4.69) is 0 Å². The molecule has 1 rings (SSSR count). The quantitative estimate of drug-likeness (QED) is 0.830. The number of carbonyl (C=O) groups is 1. The zero-order valence-electron chi connectivity index (χ0n) is 8.98. The van der Waals surface area contributed by atoms with Crippen molar-refractivity contribution in [1.82, 2.24) is 0 Å². The van der Waals surface area contributed by atoms with Crippen LogP contribution in [0.5, 0.6) is 0 Å². The maximum atomic E-state index is 13.2. The summed E-state index contributed by atoms with van der Waals surface area (Å²) in [6.07, 6.45) is -0.00519.